The molecule has 32 heavy (non-hydrogen) atoms. The van der Waals surface area contributed by atoms with E-state index in [0.29, 0.717) is 29.8 Å². The van der Waals surface area contributed by atoms with Gasteiger partial charge < -0.3 is 10.2 Å². The topological polar surface area (TPSA) is 78.8 Å². The van der Waals surface area contributed by atoms with Crippen molar-refractivity contribution in [3.05, 3.63) is 94.8 Å². The number of nitrogens with one attached hydrogen (secondary N) is 1. The van der Waals surface area contributed by atoms with Crippen LogP contribution in [0.3, 0.4) is 0 Å². The van der Waals surface area contributed by atoms with Gasteiger partial charge in [0.25, 0.3) is 15.9 Å². The summed E-state index contributed by atoms with van der Waals surface area (Å²) in [7, 11) is -3.71. The number of benzene rings is 3. The number of sulfonamides is 1. The normalized spacial score (nSPS) is 18.5. The van der Waals surface area contributed by atoms with Crippen molar-refractivity contribution in [1.29, 1.82) is 0 Å². The van der Waals surface area contributed by atoms with E-state index in [1.807, 2.05) is 6.92 Å². The van der Waals surface area contributed by atoms with Crippen LogP contribution in [0.15, 0.2) is 76.0 Å². The summed E-state index contributed by atoms with van der Waals surface area (Å²) in [6, 6.07) is 17.9. The molecule has 2 aliphatic rings. The first-order valence-electron chi connectivity index (χ1n) is 10.2. The van der Waals surface area contributed by atoms with Gasteiger partial charge in [-0.15, -0.1) is 4.40 Å². The molecule has 0 aliphatic carbocycles. The molecule has 2 heterocycles. The second kappa shape index (κ2) is 7.56. The Kier molecular flexibility index (Phi) is 4.82. The van der Waals surface area contributed by atoms with E-state index in [2.05, 4.69) is 9.71 Å². The molecule has 3 aromatic rings. The zero-order chi connectivity index (χ0) is 22.5. The molecule has 3 aromatic carbocycles. The average Bonchev–Trinajstić information content (AvgIpc) is 3.04. The highest BCUT2D eigenvalue weighted by Crippen LogP contribution is 2.31. The van der Waals surface area contributed by atoms with Crippen LogP contribution < -0.4 is 5.32 Å². The molecule has 0 fully saturated rings. The number of amidine groups is 1. The van der Waals surface area contributed by atoms with Crippen LogP contribution in [0.1, 0.15) is 40.0 Å². The molecular weight excluding hydrogens is 429 g/mol. The monoisotopic (exact) mass is 449 g/mol. The Hall–Kier alpha value is -3.52. The van der Waals surface area contributed by atoms with Gasteiger partial charge in [-0.25, -0.2) is 4.39 Å². The Balaban J connectivity index is 1.35. The summed E-state index contributed by atoms with van der Waals surface area (Å²) in [6.45, 7) is 2.46. The zero-order valence-electron chi connectivity index (χ0n) is 17.2. The quantitative estimate of drug-likeness (QED) is 0.638. The Morgan fingerprint density at radius 2 is 1.84 bits per heavy atom. The first kappa shape index (κ1) is 20.4. The fourth-order valence-electron chi connectivity index (χ4n) is 4.26. The lowest BCUT2D eigenvalue weighted by atomic mass is 9.93. The number of halogens is 1. The van der Waals surface area contributed by atoms with Crippen molar-refractivity contribution in [2.45, 2.75) is 24.3 Å². The van der Waals surface area contributed by atoms with Gasteiger partial charge in [-0.3, -0.25) is 4.79 Å². The largest absolute Gasteiger partial charge is 0.339 e. The molecule has 0 saturated heterocycles. The first-order valence-corrected chi connectivity index (χ1v) is 11.7. The van der Waals surface area contributed by atoms with Crippen molar-refractivity contribution in [1.82, 2.24) is 4.90 Å². The van der Waals surface area contributed by atoms with Crippen molar-refractivity contribution in [2.75, 3.05) is 11.9 Å². The summed E-state index contributed by atoms with van der Waals surface area (Å²) >= 11 is 0. The van der Waals surface area contributed by atoms with Gasteiger partial charge in [-0.2, -0.15) is 8.42 Å². The van der Waals surface area contributed by atoms with Crippen LogP contribution in [0, 0.1) is 5.82 Å². The summed E-state index contributed by atoms with van der Waals surface area (Å²) in [4.78, 5) is 15.0. The molecule has 1 unspecified atom stereocenters. The second-order valence-corrected chi connectivity index (χ2v) is 9.45. The van der Waals surface area contributed by atoms with Crippen molar-refractivity contribution >= 4 is 27.5 Å². The maximum atomic E-state index is 13.7. The SMILES string of the molecule is CC1c2cc(F)ccc2CCN1C(=O)c1ccc(NC2=NS(=O)(=O)c3ccccc32)cc1. The van der Waals surface area contributed by atoms with Crippen LogP contribution in [-0.4, -0.2) is 31.6 Å². The van der Waals surface area contributed by atoms with E-state index >= 15 is 0 Å². The van der Waals surface area contributed by atoms with Crippen LogP contribution in [-0.2, 0) is 16.4 Å². The number of hydrogen-bond donors (Lipinski definition) is 1. The maximum absolute atomic E-state index is 13.7. The fraction of sp³-hybridized carbons (Fsp3) is 0.167. The number of hydrogen-bond acceptors (Lipinski definition) is 4. The van der Waals surface area contributed by atoms with Gasteiger partial charge in [-0.1, -0.05) is 18.2 Å². The maximum Gasteiger partial charge on any atom is 0.285 e. The molecule has 0 radical (unpaired) electrons. The van der Waals surface area contributed by atoms with Gasteiger partial charge in [0.15, 0.2) is 5.84 Å². The Morgan fingerprint density at radius 1 is 1.09 bits per heavy atom. The summed E-state index contributed by atoms with van der Waals surface area (Å²) in [5.41, 5.74) is 3.53. The van der Waals surface area contributed by atoms with Crippen molar-refractivity contribution < 1.29 is 17.6 Å². The molecular formula is C24H20FN3O3S. The molecule has 1 amide bonds. The van der Waals surface area contributed by atoms with E-state index in [9.17, 15) is 17.6 Å². The molecule has 5 rings (SSSR count). The van der Waals surface area contributed by atoms with E-state index in [0.717, 1.165) is 11.1 Å². The van der Waals surface area contributed by atoms with E-state index < -0.39 is 10.0 Å². The summed E-state index contributed by atoms with van der Waals surface area (Å²) in [6.07, 6.45) is 0.680. The molecule has 0 aromatic heterocycles. The van der Waals surface area contributed by atoms with Crippen LogP contribution in [0.25, 0.3) is 0 Å². The summed E-state index contributed by atoms with van der Waals surface area (Å²) in [5.74, 6) is -0.188. The highest BCUT2D eigenvalue weighted by atomic mass is 32.2. The number of fused-ring (bicyclic) bond motifs is 2. The van der Waals surface area contributed by atoms with Crippen LogP contribution in [0.5, 0.6) is 0 Å². The lowest BCUT2D eigenvalue weighted by Gasteiger charge is -2.35. The summed E-state index contributed by atoms with van der Waals surface area (Å²) < 4.78 is 42.0. The number of anilines is 1. The lowest BCUT2D eigenvalue weighted by molar-refractivity contribution is 0.0677. The number of nitrogens with zero attached hydrogens (tertiary/aromatic N) is 2. The van der Waals surface area contributed by atoms with Crippen LogP contribution in [0.4, 0.5) is 10.1 Å². The van der Waals surface area contributed by atoms with Gasteiger partial charge in [0.2, 0.25) is 0 Å². The second-order valence-electron chi connectivity index (χ2n) is 7.88. The predicted octanol–water partition coefficient (Wildman–Crippen LogP) is 4.15. The van der Waals surface area contributed by atoms with Crippen molar-refractivity contribution in [3.8, 4) is 0 Å². The van der Waals surface area contributed by atoms with Gasteiger partial charge >= 0.3 is 0 Å². The standard InChI is InChI=1S/C24H20FN3O3S/c1-15-21-14-18(25)9-6-16(21)12-13-28(15)24(29)17-7-10-19(11-8-17)26-23-20-4-2-3-5-22(20)32(30,31)27-23/h2-11,14-15H,12-13H2,1H3,(H,26,27). The third-order valence-electron chi connectivity index (χ3n) is 5.93. The highest BCUT2D eigenvalue weighted by Gasteiger charge is 2.30. The molecule has 0 saturated carbocycles. The third kappa shape index (κ3) is 3.46. The number of carbonyl (C=O) groups excluding carboxylic acids is 1. The molecule has 2 aliphatic heterocycles. The molecule has 8 heteroatoms. The average molecular weight is 450 g/mol. The molecule has 0 spiro atoms. The number of carbonyl (C=O) groups is 1. The molecule has 1 N–H and O–H groups in total. The first-order chi connectivity index (χ1) is 15.3. The molecule has 0 bridgehead atoms. The molecule has 6 nitrogen and oxygen atoms in total. The van der Waals surface area contributed by atoms with Gasteiger partial charge in [0.1, 0.15) is 10.7 Å². The number of amides is 1. The van der Waals surface area contributed by atoms with Gasteiger partial charge in [0.05, 0.1) is 6.04 Å². The van der Waals surface area contributed by atoms with E-state index in [1.165, 1.54) is 18.2 Å². The van der Waals surface area contributed by atoms with E-state index in [4.69, 9.17) is 0 Å². The smallest absolute Gasteiger partial charge is 0.285 e. The minimum atomic E-state index is -3.71. The van der Waals surface area contributed by atoms with Gasteiger partial charge in [-0.05, 0) is 73.0 Å². The van der Waals surface area contributed by atoms with Crippen LogP contribution >= 0.6 is 0 Å². The molecule has 1 atom stereocenters. The minimum absolute atomic E-state index is 0.134. The zero-order valence-corrected chi connectivity index (χ0v) is 18.1. The lowest BCUT2D eigenvalue weighted by Crippen LogP contribution is -2.38. The Morgan fingerprint density at radius 3 is 2.62 bits per heavy atom. The minimum Gasteiger partial charge on any atom is -0.339 e. The number of rotatable bonds is 2. The van der Waals surface area contributed by atoms with E-state index in [1.54, 1.807) is 53.4 Å². The van der Waals surface area contributed by atoms with Crippen molar-refractivity contribution in [2.24, 2.45) is 4.40 Å². The van der Waals surface area contributed by atoms with Crippen molar-refractivity contribution in [3.63, 3.8) is 0 Å². The molecule has 162 valence electrons. The van der Waals surface area contributed by atoms with Gasteiger partial charge in [0, 0.05) is 23.4 Å². The Bertz CT molecular complexity index is 1370. The fourth-order valence-corrected chi connectivity index (χ4v) is 5.43. The third-order valence-corrected chi connectivity index (χ3v) is 7.27. The van der Waals surface area contributed by atoms with E-state index in [-0.39, 0.29) is 28.5 Å². The van der Waals surface area contributed by atoms with Crippen LogP contribution in [0.2, 0.25) is 0 Å². The summed E-state index contributed by atoms with van der Waals surface area (Å²) in [5, 5.41) is 3.03. The highest BCUT2D eigenvalue weighted by molar-refractivity contribution is 7.90. The Labute approximate surface area is 185 Å². The predicted molar refractivity (Wildman–Crippen MR) is 120 cm³/mol.